The van der Waals surface area contributed by atoms with Gasteiger partial charge in [0.15, 0.2) is 0 Å². The highest BCUT2D eigenvalue weighted by molar-refractivity contribution is 7.99. The smallest absolute Gasteiger partial charge is 0.277 e. The van der Waals surface area contributed by atoms with Crippen molar-refractivity contribution in [1.82, 2.24) is 20.0 Å². The van der Waals surface area contributed by atoms with Crippen LogP contribution in [0.15, 0.2) is 21.9 Å². The van der Waals surface area contributed by atoms with E-state index in [-0.39, 0.29) is 5.75 Å². The first-order valence-corrected chi connectivity index (χ1v) is 5.85. The summed E-state index contributed by atoms with van der Waals surface area (Å²) >= 11 is 1.12. The number of nitrogens with zero attached hydrogens (tertiary/aromatic N) is 4. The normalized spacial score (nSPS) is 10.6. The van der Waals surface area contributed by atoms with Gasteiger partial charge >= 0.3 is 0 Å². The van der Waals surface area contributed by atoms with Gasteiger partial charge < -0.3 is 10.2 Å². The molecule has 2 N–H and O–H groups in total. The van der Waals surface area contributed by atoms with E-state index in [1.54, 1.807) is 4.68 Å². The van der Waals surface area contributed by atoms with Gasteiger partial charge in [0.2, 0.25) is 11.8 Å². The number of primary amides is 1. The van der Waals surface area contributed by atoms with Gasteiger partial charge in [-0.3, -0.25) is 9.48 Å². The lowest BCUT2D eigenvalue weighted by Gasteiger charge is -1.94. The maximum absolute atomic E-state index is 10.6. The number of aromatic nitrogens is 4. The summed E-state index contributed by atoms with van der Waals surface area (Å²) in [5.41, 5.74) is 5.93. The summed E-state index contributed by atoms with van der Waals surface area (Å²) in [5.74, 6) is 0.153. The predicted octanol–water partition coefficient (Wildman–Crippen LogP) is 0.200. The highest BCUT2D eigenvalue weighted by Gasteiger charge is 2.08. The molecule has 8 heteroatoms. The molecule has 0 spiro atoms. The number of rotatable bonds is 5. The average Bonchev–Trinajstić information content (AvgIpc) is 2.86. The summed E-state index contributed by atoms with van der Waals surface area (Å²) in [7, 11) is 0. The standard InChI is InChI=1S/C9H11N5O2S/c1-6-2-3-14(13-6)4-8-11-12-9(16-8)17-5-7(10)15/h2-3H,4-5H2,1H3,(H2,10,15). The summed E-state index contributed by atoms with van der Waals surface area (Å²) in [5, 5.41) is 12.2. The molecule has 0 atom stereocenters. The lowest BCUT2D eigenvalue weighted by Crippen LogP contribution is -2.12. The van der Waals surface area contributed by atoms with Crippen molar-refractivity contribution in [2.24, 2.45) is 5.73 Å². The topological polar surface area (TPSA) is 99.8 Å². The Labute approximate surface area is 101 Å². The maximum atomic E-state index is 10.6. The van der Waals surface area contributed by atoms with E-state index in [0.717, 1.165) is 17.5 Å². The number of nitrogens with two attached hydrogens (primary N) is 1. The van der Waals surface area contributed by atoms with Gasteiger partial charge in [-0.1, -0.05) is 11.8 Å². The molecule has 0 aliphatic carbocycles. The lowest BCUT2D eigenvalue weighted by molar-refractivity contribution is -0.115. The molecule has 0 saturated heterocycles. The van der Waals surface area contributed by atoms with Gasteiger partial charge in [0, 0.05) is 6.20 Å². The molecule has 0 radical (unpaired) electrons. The third-order valence-electron chi connectivity index (χ3n) is 1.86. The highest BCUT2D eigenvalue weighted by Crippen LogP contribution is 2.15. The zero-order chi connectivity index (χ0) is 12.3. The molecular weight excluding hydrogens is 242 g/mol. The molecule has 7 nitrogen and oxygen atoms in total. The monoisotopic (exact) mass is 253 g/mol. The van der Waals surface area contributed by atoms with Crippen LogP contribution in [-0.4, -0.2) is 31.6 Å². The molecule has 0 fully saturated rings. The molecule has 1 amide bonds. The predicted molar refractivity (Wildman–Crippen MR) is 60.3 cm³/mol. The van der Waals surface area contributed by atoms with Crippen molar-refractivity contribution in [2.75, 3.05) is 5.75 Å². The van der Waals surface area contributed by atoms with Crippen LogP contribution in [0, 0.1) is 6.92 Å². The van der Waals surface area contributed by atoms with Crippen molar-refractivity contribution in [3.8, 4) is 0 Å². The Hall–Kier alpha value is -1.83. The fourth-order valence-corrected chi connectivity index (χ4v) is 1.70. The Morgan fingerprint density at radius 1 is 1.59 bits per heavy atom. The van der Waals surface area contributed by atoms with Crippen LogP contribution >= 0.6 is 11.8 Å². The Morgan fingerprint density at radius 3 is 3.06 bits per heavy atom. The van der Waals surface area contributed by atoms with Gasteiger partial charge in [0.05, 0.1) is 11.4 Å². The second-order valence-electron chi connectivity index (χ2n) is 3.37. The van der Waals surface area contributed by atoms with E-state index in [9.17, 15) is 4.79 Å². The van der Waals surface area contributed by atoms with Crippen molar-refractivity contribution in [2.45, 2.75) is 18.7 Å². The van der Waals surface area contributed by atoms with Crippen molar-refractivity contribution in [3.05, 3.63) is 23.8 Å². The fraction of sp³-hybridized carbons (Fsp3) is 0.333. The van der Waals surface area contributed by atoms with Gasteiger partial charge in [-0.15, -0.1) is 10.2 Å². The minimum absolute atomic E-state index is 0.127. The van der Waals surface area contributed by atoms with E-state index in [1.165, 1.54) is 0 Å². The Bertz CT molecular complexity index is 521. The number of hydrogen-bond acceptors (Lipinski definition) is 6. The minimum atomic E-state index is -0.419. The van der Waals surface area contributed by atoms with Crippen LogP contribution in [-0.2, 0) is 11.3 Å². The van der Waals surface area contributed by atoms with E-state index in [4.69, 9.17) is 10.2 Å². The first-order chi connectivity index (χ1) is 8.13. The first-order valence-electron chi connectivity index (χ1n) is 4.87. The number of carbonyl (C=O) groups is 1. The summed E-state index contributed by atoms with van der Waals surface area (Å²) < 4.78 is 7.02. The second kappa shape index (κ2) is 5.00. The fourth-order valence-electron chi connectivity index (χ4n) is 1.18. The van der Waals surface area contributed by atoms with Crippen LogP contribution in [0.4, 0.5) is 0 Å². The van der Waals surface area contributed by atoms with Gasteiger partial charge in [-0.25, -0.2) is 0 Å². The van der Waals surface area contributed by atoms with Crippen LogP contribution < -0.4 is 5.73 Å². The van der Waals surface area contributed by atoms with Gasteiger partial charge in [-0.05, 0) is 13.0 Å². The molecule has 17 heavy (non-hydrogen) atoms. The first kappa shape index (κ1) is 11.6. The van der Waals surface area contributed by atoms with E-state index in [2.05, 4.69) is 15.3 Å². The summed E-state index contributed by atoms with van der Waals surface area (Å²) in [6.07, 6.45) is 1.83. The maximum Gasteiger partial charge on any atom is 0.277 e. The number of hydrogen-bond donors (Lipinski definition) is 1. The Balaban J connectivity index is 1.96. The largest absolute Gasteiger partial charge is 0.414 e. The highest BCUT2D eigenvalue weighted by atomic mass is 32.2. The molecule has 2 aromatic heterocycles. The van der Waals surface area contributed by atoms with Crippen LogP contribution in [0.5, 0.6) is 0 Å². The molecule has 0 aromatic carbocycles. The zero-order valence-electron chi connectivity index (χ0n) is 9.16. The molecule has 0 aliphatic rings. The van der Waals surface area contributed by atoms with Crippen molar-refractivity contribution >= 4 is 17.7 Å². The average molecular weight is 253 g/mol. The van der Waals surface area contributed by atoms with E-state index in [0.29, 0.717) is 17.7 Å². The van der Waals surface area contributed by atoms with Crippen LogP contribution in [0.2, 0.25) is 0 Å². The Kier molecular flexibility index (Phi) is 3.43. The summed E-state index contributed by atoms with van der Waals surface area (Å²) in [4.78, 5) is 10.6. The molecule has 2 aromatic rings. The molecular formula is C9H11N5O2S. The molecule has 0 bridgehead atoms. The van der Waals surface area contributed by atoms with Crippen molar-refractivity contribution in [3.63, 3.8) is 0 Å². The third-order valence-corrected chi connectivity index (χ3v) is 2.70. The van der Waals surface area contributed by atoms with Crippen LogP contribution in [0.1, 0.15) is 11.6 Å². The molecule has 0 aliphatic heterocycles. The summed E-state index contributed by atoms with van der Waals surface area (Å²) in [6, 6.07) is 1.89. The van der Waals surface area contributed by atoms with Gasteiger partial charge in [0.1, 0.15) is 6.54 Å². The minimum Gasteiger partial charge on any atom is -0.414 e. The number of amides is 1. The number of aryl methyl sites for hydroxylation is 1. The summed E-state index contributed by atoms with van der Waals surface area (Å²) in [6.45, 7) is 2.32. The van der Waals surface area contributed by atoms with Crippen molar-refractivity contribution in [1.29, 1.82) is 0 Å². The van der Waals surface area contributed by atoms with Gasteiger partial charge in [-0.2, -0.15) is 5.10 Å². The molecule has 2 rings (SSSR count). The quantitative estimate of drug-likeness (QED) is 0.764. The third kappa shape index (κ3) is 3.31. The van der Waals surface area contributed by atoms with E-state index >= 15 is 0 Å². The van der Waals surface area contributed by atoms with E-state index in [1.807, 2.05) is 19.2 Å². The van der Waals surface area contributed by atoms with Gasteiger partial charge in [0.25, 0.3) is 5.22 Å². The lowest BCUT2D eigenvalue weighted by atomic mass is 10.5. The van der Waals surface area contributed by atoms with Crippen LogP contribution in [0.25, 0.3) is 0 Å². The van der Waals surface area contributed by atoms with Crippen molar-refractivity contribution < 1.29 is 9.21 Å². The molecule has 0 unspecified atom stereocenters. The second-order valence-corrected chi connectivity index (χ2v) is 4.30. The molecule has 90 valence electrons. The molecule has 2 heterocycles. The van der Waals surface area contributed by atoms with Crippen LogP contribution in [0.3, 0.4) is 0 Å². The Morgan fingerprint density at radius 2 is 2.41 bits per heavy atom. The zero-order valence-corrected chi connectivity index (χ0v) is 9.98. The number of thioether (sulfide) groups is 1. The molecule has 0 saturated carbocycles. The SMILES string of the molecule is Cc1ccn(Cc2nnc(SCC(N)=O)o2)n1. The van der Waals surface area contributed by atoms with E-state index < -0.39 is 5.91 Å². The number of carbonyl (C=O) groups excluding carboxylic acids is 1.